The summed E-state index contributed by atoms with van der Waals surface area (Å²) in [4.78, 5) is 57.3. The second-order valence-corrected chi connectivity index (χ2v) is 21.8. The lowest BCUT2D eigenvalue weighted by Gasteiger charge is -2.37. The van der Waals surface area contributed by atoms with Gasteiger partial charge in [-0.05, 0) is 149 Å². The summed E-state index contributed by atoms with van der Waals surface area (Å²) < 4.78 is 11.1. The number of aliphatic hydroxyl groups is 2. The van der Waals surface area contributed by atoms with E-state index in [9.17, 15) is 24.3 Å². The van der Waals surface area contributed by atoms with Crippen LogP contribution in [0.25, 0.3) is 11.1 Å². The van der Waals surface area contributed by atoms with Gasteiger partial charge in [0.05, 0.1) is 30.8 Å². The molecule has 6 aliphatic rings. The number of aliphatic hydroxyl groups excluding tert-OH is 2. The second-order valence-electron chi connectivity index (χ2n) is 19.8. The Kier molecular flexibility index (Phi) is 19.5. The maximum absolute atomic E-state index is 12.9. The SMILES string of the molecule is CN(C(=O)OCc1cc(Cl)cc(Cl)c1)C1CCc2ccc(C3=CCN(CC(=O)N4CC(O)C4)CC3)cc21.CN(C(=O)OCc1cc(Cl)cc(Cl)c1)C1CCc2ccc(C3=CCNCC3)cc21.O=C(CCl)N1CC(O)C1. The van der Waals surface area contributed by atoms with Crippen LogP contribution in [0.5, 0.6) is 0 Å². The van der Waals surface area contributed by atoms with Gasteiger partial charge in [-0.2, -0.15) is 0 Å². The number of nitrogens with zero attached hydrogens (tertiary/aromatic N) is 5. The Bertz CT molecular complexity index is 2760. The molecule has 0 aromatic heterocycles. The molecule has 400 valence electrons. The van der Waals surface area contributed by atoms with Gasteiger partial charge in [0.15, 0.2) is 0 Å². The van der Waals surface area contributed by atoms with Gasteiger partial charge in [-0.25, -0.2) is 9.59 Å². The zero-order valence-electron chi connectivity index (χ0n) is 42.1. The van der Waals surface area contributed by atoms with Crippen LogP contribution in [0.1, 0.15) is 82.3 Å². The molecule has 4 aliphatic heterocycles. The standard InChI is InChI=1S/C28H31Cl2N3O4.C23H24Cl2N2O2.C5H8ClNO2/c1-31(28(36)37-17-18-10-22(29)13-23(30)11-18)26-5-4-20-2-3-21(12-25(20)26)19-6-8-32(9-7-19)16-27(35)33-14-24(34)15-33;1-27(23(28)29-14-15-10-19(24)13-20(25)11-15)22-5-4-17-2-3-18(12-21(17)22)16-6-8-26-9-7-16;6-1-5(9)7-2-4(8)3-7/h2-3,6,10-13,24,26,34H,4-5,7-9,14-17H2,1H3;2-3,6,10-13,22,26H,4-5,7-9,14H2,1H3;4,8H,1-3H2. The molecular weight excluding hydrogens is 1060 g/mol. The number of carbonyl (C=O) groups excluding carboxylic acids is 4. The van der Waals surface area contributed by atoms with Crippen LogP contribution in [-0.2, 0) is 45.1 Å². The summed E-state index contributed by atoms with van der Waals surface area (Å²) in [7, 11) is 3.59. The third-order valence-electron chi connectivity index (χ3n) is 14.5. The van der Waals surface area contributed by atoms with Gasteiger partial charge in [0.1, 0.15) is 19.1 Å². The predicted molar refractivity (Wildman–Crippen MR) is 294 cm³/mol. The van der Waals surface area contributed by atoms with Crippen LogP contribution >= 0.6 is 58.0 Å². The van der Waals surface area contributed by atoms with Gasteiger partial charge < -0.3 is 44.6 Å². The molecule has 14 nitrogen and oxygen atoms in total. The lowest BCUT2D eigenvalue weighted by molar-refractivity contribution is -0.142. The number of rotatable bonds is 11. The van der Waals surface area contributed by atoms with Gasteiger partial charge >= 0.3 is 12.2 Å². The normalized spacial score (nSPS) is 19.1. The number of halogens is 5. The first kappa shape index (κ1) is 56.3. The molecule has 2 unspecified atom stereocenters. The van der Waals surface area contributed by atoms with E-state index in [4.69, 9.17) is 72.6 Å². The molecule has 0 bridgehead atoms. The molecule has 4 amide bonds. The fourth-order valence-corrected chi connectivity index (χ4v) is 11.5. The maximum atomic E-state index is 12.9. The Labute approximate surface area is 463 Å². The number of fused-ring (bicyclic) bond motifs is 2. The zero-order chi connectivity index (χ0) is 53.3. The Hall–Kier alpha value is -4.87. The molecule has 0 spiro atoms. The van der Waals surface area contributed by atoms with Crippen molar-refractivity contribution >= 4 is 93.2 Å². The molecule has 19 heteroatoms. The molecule has 2 saturated heterocycles. The number of amides is 4. The van der Waals surface area contributed by atoms with Gasteiger partial charge in [0.2, 0.25) is 11.8 Å². The van der Waals surface area contributed by atoms with Gasteiger partial charge in [-0.3, -0.25) is 14.5 Å². The molecule has 0 saturated carbocycles. The van der Waals surface area contributed by atoms with Crippen LogP contribution < -0.4 is 5.32 Å². The first-order valence-corrected chi connectivity index (χ1v) is 27.3. The van der Waals surface area contributed by atoms with Crippen molar-refractivity contribution in [2.45, 2.75) is 76.0 Å². The highest BCUT2D eigenvalue weighted by Crippen LogP contribution is 2.39. The number of nitrogens with one attached hydrogen (secondary N) is 1. The number of likely N-dealkylation sites (tertiary alicyclic amines) is 2. The van der Waals surface area contributed by atoms with Crippen molar-refractivity contribution in [1.82, 2.24) is 29.8 Å². The van der Waals surface area contributed by atoms with Crippen LogP contribution in [0, 0.1) is 0 Å². The number of ether oxygens (including phenoxy) is 2. The topological polar surface area (TPSA) is 155 Å². The first-order chi connectivity index (χ1) is 36.0. The summed E-state index contributed by atoms with van der Waals surface area (Å²) in [6.45, 7) is 5.88. The lowest BCUT2D eigenvalue weighted by Crippen LogP contribution is -2.56. The lowest BCUT2D eigenvalue weighted by atomic mass is 9.95. The largest absolute Gasteiger partial charge is 0.445 e. The van der Waals surface area contributed by atoms with E-state index >= 15 is 0 Å². The molecule has 10 rings (SSSR count). The van der Waals surface area contributed by atoms with Gasteiger partial charge in [0, 0.05) is 80.0 Å². The van der Waals surface area contributed by atoms with Gasteiger partial charge in [-0.15, -0.1) is 11.6 Å². The van der Waals surface area contributed by atoms with Crippen molar-refractivity contribution in [3.05, 3.63) is 150 Å². The van der Waals surface area contributed by atoms with Crippen LogP contribution in [0.3, 0.4) is 0 Å². The van der Waals surface area contributed by atoms with Gasteiger partial charge in [0.25, 0.3) is 0 Å². The van der Waals surface area contributed by atoms with E-state index in [-0.39, 0.29) is 67.4 Å². The van der Waals surface area contributed by atoms with E-state index in [0.717, 1.165) is 87.0 Å². The van der Waals surface area contributed by atoms with Gasteiger partial charge in [-0.1, -0.05) is 82.8 Å². The third-order valence-corrected chi connectivity index (χ3v) is 15.6. The molecule has 4 aromatic rings. The second kappa shape index (κ2) is 26.0. The van der Waals surface area contributed by atoms with Crippen LogP contribution in [0.2, 0.25) is 20.1 Å². The van der Waals surface area contributed by atoms with Crippen molar-refractivity contribution in [3.63, 3.8) is 0 Å². The summed E-state index contributed by atoms with van der Waals surface area (Å²) in [6.07, 6.45) is 8.58. The Balaban J connectivity index is 0.000000174. The first-order valence-electron chi connectivity index (χ1n) is 25.3. The molecule has 0 radical (unpaired) electrons. The fourth-order valence-electron chi connectivity index (χ4n) is 10.2. The summed E-state index contributed by atoms with van der Waals surface area (Å²) in [5.41, 5.74) is 11.5. The summed E-state index contributed by atoms with van der Waals surface area (Å²) in [5.74, 6) is 0.00470. The van der Waals surface area contributed by atoms with E-state index in [0.29, 0.717) is 52.8 Å². The van der Waals surface area contributed by atoms with E-state index < -0.39 is 0 Å². The average molecular weight is 1130 g/mol. The highest BCUT2D eigenvalue weighted by atomic mass is 35.5. The monoisotopic (exact) mass is 1120 g/mol. The summed E-state index contributed by atoms with van der Waals surface area (Å²) in [6, 6.07) is 23.5. The van der Waals surface area contributed by atoms with Crippen molar-refractivity contribution in [1.29, 1.82) is 0 Å². The predicted octanol–water partition coefficient (Wildman–Crippen LogP) is 9.60. The molecule has 3 N–H and O–H groups in total. The molecule has 2 aliphatic carbocycles. The van der Waals surface area contributed by atoms with Crippen LogP contribution in [0.4, 0.5) is 9.59 Å². The Morgan fingerprint density at radius 2 is 1.09 bits per heavy atom. The number of aryl methyl sites for hydroxylation is 2. The number of alkyl halides is 1. The smallest absolute Gasteiger partial charge is 0.410 e. The maximum Gasteiger partial charge on any atom is 0.410 e. The molecule has 2 fully saturated rings. The number of carbonyl (C=O) groups is 4. The van der Waals surface area contributed by atoms with E-state index in [1.165, 1.54) is 38.3 Å². The average Bonchev–Trinajstić information content (AvgIpc) is 4.01. The summed E-state index contributed by atoms with van der Waals surface area (Å²) >= 11 is 29.4. The van der Waals surface area contributed by atoms with Crippen molar-refractivity contribution in [2.24, 2.45) is 0 Å². The number of hydrogen-bond acceptors (Lipinski definition) is 10. The number of benzene rings is 4. The highest BCUT2D eigenvalue weighted by Gasteiger charge is 2.33. The molecule has 4 heterocycles. The minimum Gasteiger partial charge on any atom is -0.445 e. The number of β-amino-alcohol motifs (C(OH)–C–C–N with tert-alkyl or cyclic N) is 2. The van der Waals surface area contributed by atoms with Crippen LogP contribution in [0.15, 0.2) is 84.9 Å². The van der Waals surface area contributed by atoms with Crippen LogP contribution in [-0.4, -0.2) is 150 Å². The Morgan fingerprint density at radius 3 is 1.51 bits per heavy atom. The molecule has 75 heavy (non-hydrogen) atoms. The van der Waals surface area contributed by atoms with E-state index in [1.54, 1.807) is 58.1 Å². The highest BCUT2D eigenvalue weighted by molar-refractivity contribution is 6.35. The number of hydrogen-bond donors (Lipinski definition) is 3. The van der Waals surface area contributed by atoms with E-state index in [2.05, 4.69) is 58.8 Å². The third kappa shape index (κ3) is 14.8. The minimum absolute atomic E-state index is 0.0206. The fraction of sp³-hybridized carbons (Fsp3) is 0.429. The van der Waals surface area contributed by atoms with Crippen molar-refractivity contribution in [3.8, 4) is 0 Å². The zero-order valence-corrected chi connectivity index (χ0v) is 45.9. The molecule has 4 aromatic carbocycles. The van der Waals surface area contributed by atoms with E-state index in [1.807, 2.05) is 7.05 Å². The van der Waals surface area contributed by atoms with Crippen molar-refractivity contribution < 1.29 is 38.9 Å². The Morgan fingerprint density at radius 1 is 0.627 bits per heavy atom. The molecule has 2 atom stereocenters. The quantitative estimate of drug-likeness (QED) is 0.124. The van der Waals surface area contributed by atoms with Crippen molar-refractivity contribution in [2.75, 3.05) is 78.9 Å². The summed E-state index contributed by atoms with van der Waals surface area (Å²) in [5, 5.41) is 23.6. The molecular formula is C56H63Cl5N6O8. The minimum atomic E-state index is -0.383.